The normalized spacial score (nSPS) is 11.1. The molecule has 0 aliphatic heterocycles. The minimum Gasteiger partial charge on any atom is -0.377 e. The van der Waals surface area contributed by atoms with Gasteiger partial charge in [-0.1, -0.05) is 6.07 Å². The van der Waals surface area contributed by atoms with E-state index in [0.717, 1.165) is 22.4 Å². The summed E-state index contributed by atoms with van der Waals surface area (Å²) in [6, 6.07) is 6.07. The molecule has 0 spiro atoms. The Balaban J connectivity index is 2.56. The van der Waals surface area contributed by atoms with Crippen molar-refractivity contribution in [2.75, 3.05) is 7.11 Å². The third kappa shape index (κ3) is 1.73. The first kappa shape index (κ1) is 10.1. The Morgan fingerprint density at radius 3 is 2.93 bits per heavy atom. The Hall–Kier alpha value is -1.39. The molecule has 2 rings (SSSR count). The van der Waals surface area contributed by atoms with Crippen LogP contribution in [0.1, 0.15) is 11.4 Å². The van der Waals surface area contributed by atoms with Crippen LogP contribution in [0.15, 0.2) is 18.2 Å². The van der Waals surface area contributed by atoms with Crippen molar-refractivity contribution in [2.45, 2.75) is 13.2 Å². The fourth-order valence-electron chi connectivity index (χ4n) is 1.67. The topological polar surface area (TPSA) is 53.1 Å². The minimum absolute atomic E-state index is 0.531. The molecule has 0 unspecified atom stereocenters. The van der Waals surface area contributed by atoms with Crippen molar-refractivity contribution < 1.29 is 4.74 Å². The molecular weight excluding hydrogens is 190 g/mol. The van der Waals surface area contributed by atoms with E-state index < -0.39 is 0 Å². The predicted octanol–water partition coefficient (Wildman–Crippen LogP) is 1.18. The predicted molar refractivity (Wildman–Crippen MR) is 59.3 cm³/mol. The lowest BCUT2D eigenvalue weighted by Crippen LogP contribution is -1.99. The number of imidazole rings is 1. The number of aromatic nitrogens is 2. The fraction of sp³-hybridized carbons (Fsp3) is 0.364. The molecular formula is C11H15N3O. The molecule has 0 radical (unpaired) electrons. The summed E-state index contributed by atoms with van der Waals surface area (Å²) in [5.74, 6) is 0.932. The molecule has 0 saturated carbocycles. The van der Waals surface area contributed by atoms with Gasteiger partial charge in [0.15, 0.2) is 0 Å². The molecule has 0 bridgehead atoms. The molecule has 0 aliphatic rings. The van der Waals surface area contributed by atoms with Gasteiger partial charge < -0.3 is 15.0 Å². The van der Waals surface area contributed by atoms with Gasteiger partial charge >= 0.3 is 0 Å². The molecule has 0 aliphatic carbocycles. The van der Waals surface area contributed by atoms with E-state index in [1.54, 1.807) is 7.11 Å². The Kier molecular flexibility index (Phi) is 2.70. The third-order valence-electron chi connectivity index (χ3n) is 2.55. The molecule has 0 fully saturated rings. The lowest BCUT2D eigenvalue weighted by Gasteiger charge is -2.01. The summed E-state index contributed by atoms with van der Waals surface area (Å²) in [6.07, 6.45) is 0. The van der Waals surface area contributed by atoms with Crippen LogP contribution in [0.25, 0.3) is 11.0 Å². The molecule has 0 saturated heterocycles. The van der Waals surface area contributed by atoms with Crippen LogP contribution in [0.3, 0.4) is 0 Å². The van der Waals surface area contributed by atoms with Gasteiger partial charge in [-0.15, -0.1) is 0 Å². The number of hydrogen-bond acceptors (Lipinski definition) is 3. The van der Waals surface area contributed by atoms with Crippen LogP contribution in [0.2, 0.25) is 0 Å². The summed E-state index contributed by atoms with van der Waals surface area (Å²) in [5, 5.41) is 0. The Bertz CT molecular complexity index is 476. The van der Waals surface area contributed by atoms with Gasteiger partial charge in [-0.3, -0.25) is 0 Å². The summed E-state index contributed by atoms with van der Waals surface area (Å²) in [7, 11) is 3.66. The van der Waals surface area contributed by atoms with Gasteiger partial charge in [0.2, 0.25) is 0 Å². The quantitative estimate of drug-likeness (QED) is 0.818. The van der Waals surface area contributed by atoms with Crippen molar-refractivity contribution in [2.24, 2.45) is 12.8 Å². The van der Waals surface area contributed by atoms with Crippen LogP contribution in [-0.2, 0) is 24.9 Å². The maximum Gasteiger partial charge on any atom is 0.135 e. The minimum atomic E-state index is 0.531. The molecule has 4 nitrogen and oxygen atoms in total. The highest BCUT2D eigenvalue weighted by molar-refractivity contribution is 5.76. The molecule has 15 heavy (non-hydrogen) atoms. The van der Waals surface area contributed by atoms with Gasteiger partial charge in [0.1, 0.15) is 12.4 Å². The van der Waals surface area contributed by atoms with E-state index in [2.05, 4.69) is 11.1 Å². The first-order chi connectivity index (χ1) is 7.26. The van der Waals surface area contributed by atoms with E-state index >= 15 is 0 Å². The number of ether oxygens (including phenoxy) is 1. The molecule has 1 aromatic heterocycles. The highest BCUT2D eigenvalue weighted by Gasteiger charge is 2.07. The zero-order chi connectivity index (χ0) is 10.8. The number of benzene rings is 1. The maximum absolute atomic E-state index is 5.60. The van der Waals surface area contributed by atoms with Crippen molar-refractivity contribution in [1.29, 1.82) is 0 Å². The van der Waals surface area contributed by atoms with Gasteiger partial charge in [-0.2, -0.15) is 0 Å². The monoisotopic (exact) mass is 205 g/mol. The first-order valence-corrected chi connectivity index (χ1v) is 4.89. The van der Waals surface area contributed by atoms with Crippen LogP contribution in [0.5, 0.6) is 0 Å². The Morgan fingerprint density at radius 2 is 2.27 bits per heavy atom. The van der Waals surface area contributed by atoms with Crippen molar-refractivity contribution in [1.82, 2.24) is 9.55 Å². The molecule has 2 aromatic rings. The molecule has 1 heterocycles. The van der Waals surface area contributed by atoms with Crippen molar-refractivity contribution in [3.05, 3.63) is 29.6 Å². The van der Waals surface area contributed by atoms with Crippen LogP contribution in [0, 0.1) is 0 Å². The van der Waals surface area contributed by atoms with Crippen molar-refractivity contribution in [3.63, 3.8) is 0 Å². The average molecular weight is 205 g/mol. The smallest absolute Gasteiger partial charge is 0.135 e. The molecule has 0 amide bonds. The number of methoxy groups -OCH3 is 1. The zero-order valence-electron chi connectivity index (χ0n) is 9.03. The largest absolute Gasteiger partial charge is 0.377 e. The summed E-state index contributed by atoms with van der Waals surface area (Å²) in [5.41, 5.74) is 8.81. The molecule has 2 N–H and O–H groups in total. The summed E-state index contributed by atoms with van der Waals surface area (Å²) < 4.78 is 7.13. The van der Waals surface area contributed by atoms with Crippen LogP contribution < -0.4 is 5.73 Å². The number of hydrogen-bond donors (Lipinski definition) is 1. The molecule has 1 aromatic carbocycles. The van der Waals surface area contributed by atoms with Crippen LogP contribution in [-0.4, -0.2) is 16.7 Å². The summed E-state index contributed by atoms with van der Waals surface area (Å²) in [6.45, 7) is 1.09. The highest BCUT2D eigenvalue weighted by atomic mass is 16.5. The number of fused-ring (bicyclic) bond motifs is 1. The van der Waals surface area contributed by atoms with Crippen molar-refractivity contribution in [3.8, 4) is 0 Å². The SMILES string of the molecule is COCc1nc2ccc(CN)cc2n1C. The number of nitrogens with zero attached hydrogens (tertiary/aromatic N) is 2. The lowest BCUT2D eigenvalue weighted by molar-refractivity contribution is 0.176. The summed E-state index contributed by atoms with van der Waals surface area (Å²) in [4.78, 5) is 4.47. The van der Waals surface area contributed by atoms with Gasteiger partial charge in [0.25, 0.3) is 0 Å². The maximum atomic E-state index is 5.60. The van der Waals surface area contributed by atoms with Gasteiger partial charge in [0.05, 0.1) is 11.0 Å². The number of nitrogens with two attached hydrogens (primary N) is 1. The highest BCUT2D eigenvalue weighted by Crippen LogP contribution is 2.17. The van der Waals surface area contributed by atoms with Gasteiger partial charge in [-0.05, 0) is 17.7 Å². The second kappa shape index (κ2) is 4.00. The second-order valence-corrected chi connectivity index (χ2v) is 3.55. The number of rotatable bonds is 3. The molecule has 0 atom stereocenters. The molecule has 4 heteroatoms. The average Bonchev–Trinajstić information content (AvgIpc) is 2.56. The Morgan fingerprint density at radius 1 is 1.47 bits per heavy atom. The molecule has 80 valence electrons. The lowest BCUT2D eigenvalue weighted by atomic mass is 10.2. The summed E-state index contributed by atoms with van der Waals surface area (Å²) >= 11 is 0. The third-order valence-corrected chi connectivity index (χ3v) is 2.55. The van der Waals surface area contributed by atoms with Crippen LogP contribution >= 0.6 is 0 Å². The van der Waals surface area contributed by atoms with E-state index in [1.807, 2.05) is 23.7 Å². The van der Waals surface area contributed by atoms with E-state index in [1.165, 1.54) is 0 Å². The van der Waals surface area contributed by atoms with E-state index in [9.17, 15) is 0 Å². The van der Waals surface area contributed by atoms with E-state index in [4.69, 9.17) is 10.5 Å². The standard InChI is InChI=1S/C11H15N3O/c1-14-10-5-8(6-12)3-4-9(10)13-11(14)7-15-2/h3-5H,6-7,12H2,1-2H3. The van der Waals surface area contributed by atoms with Crippen LogP contribution in [0.4, 0.5) is 0 Å². The zero-order valence-corrected chi connectivity index (χ0v) is 9.03. The Labute approximate surface area is 88.7 Å². The van der Waals surface area contributed by atoms with Crippen molar-refractivity contribution >= 4 is 11.0 Å². The number of aryl methyl sites for hydroxylation is 1. The second-order valence-electron chi connectivity index (χ2n) is 3.55. The van der Waals surface area contributed by atoms with E-state index in [-0.39, 0.29) is 0 Å². The van der Waals surface area contributed by atoms with Gasteiger partial charge in [-0.25, -0.2) is 4.98 Å². The van der Waals surface area contributed by atoms with E-state index in [0.29, 0.717) is 13.2 Å². The van der Waals surface area contributed by atoms with Gasteiger partial charge in [0, 0.05) is 20.7 Å². The fourth-order valence-corrected chi connectivity index (χ4v) is 1.67. The first-order valence-electron chi connectivity index (χ1n) is 4.89.